The fourth-order valence-corrected chi connectivity index (χ4v) is 16.2. The van der Waals surface area contributed by atoms with Crippen LogP contribution in [0.3, 0.4) is 0 Å². The van der Waals surface area contributed by atoms with Crippen molar-refractivity contribution in [3.05, 3.63) is 119 Å². The van der Waals surface area contributed by atoms with Crippen LogP contribution in [0.2, 0.25) is 0 Å². The molecule has 16 nitrogen and oxygen atoms in total. The molecule has 0 unspecified atom stereocenters. The van der Waals surface area contributed by atoms with E-state index in [9.17, 15) is 33.7 Å². The standard InChI is InChI=1S/4C18H32N2O2S/c4*1-13(2)16(12-19)8-11-18(14(3)4)20-23(21,22)17-9-6-15(5)7-10-17/h4*6-7,9-10,13-14,16,18,20H,8,11-12,19H2,1-5H3/t2*16-,18+;2*16-,18-/m1010/s1. The van der Waals surface area contributed by atoms with Crippen LogP contribution >= 0.6 is 0 Å². The lowest BCUT2D eigenvalue weighted by atomic mass is 9.88. The fraction of sp³-hybridized carbons (Fsp3) is 0.667. The molecule has 0 bridgehead atoms. The third kappa shape index (κ3) is 31.9. The Labute approximate surface area is 562 Å². The minimum atomic E-state index is -3.48. The van der Waals surface area contributed by atoms with Crippen molar-refractivity contribution in [3.63, 3.8) is 0 Å². The highest BCUT2D eigenvalue weighted by Gasteiger charge is 2.29. The third-order valence-electron chi connectivity index (χ3n) is 18.1. The van der Waals surface area contributed by atoms with Crippen molar-refractivity contribution >= 4 is 40.1 Å². The predicted molar refractivity (Wildman–Crippen MR) is 387 cm³/mol. The van der Waals surface area contributed by atoms with Gasteiger partial charge in [0.1, 0.15) is 0 Å². The summed E-state index contributed by atoms with van der Waals surface area (Å²) in [5, 5.41) is 0. The Morgan fingerprint density at radius 3 is 0.500 bits per heavy atom. The molecule has 0 aliphatic carbocycles. The van der Waals surface area contributed by atoms with E-state index in [2.05, 4.69) is 130 Å². The van der Waals surface area contributed by atoms with Crippen LogP contribution in [0.5, 0.6) is 0 Å². The third-order valence-corrected chi connectivity index (χ3v) is 24.2. The van der Waals surface area contributed by atoms with Gasteiger partial charge in [0.15, 0.2) is 0 Å². The topological polar surface area (TPSA) is 289 Å². The highest BCUT2D eigenvalue weighted by atomic mass is 32.2. The van der Waals surface area contributed by atoms with Gasteiger partial charge in [0.2, 0.25) is 40.1 Å². The Morgan fingerprint density at radius 2 is 0.391 bits per heavy atom. The van der Waals surface area contributed by atoms with Gasteiger partial charge in [-0.1, -0.05) is 182 Å². The van der Waals surface area contributed by atoms with E-state index < -0.39 is 40.1 Å². The van der Waals surface area contributed by atoms with Crippen LogP contribution < -0.4 is 41.8 Å². The van der Waals surface area contributed by atoms with Crippen LogP contribution in [0.15, 0.2) is 117 Å². The van der Waals surface area contributed by atoms with Crippen LogP contribution in [0, 0.1) is 98.7 Å². The van der Waals surface area contributed by atoms with Gasteiger partial charge in [-0.05, 0) is 225 Å². The van der Waals surface area contributed by atoms with Gasteiger partial charge in [-0.25, -0.2) is 52.6 Å². The first kappa shape index (κ1) is 86.4. The van der Waals surface area contributed by atoms with Crippen LogP contribution in [-0.4, -0.2) is 84.0 Å². The lowest BCUT2D eigenvalue weighted by molar-refractivity contribution is 0.319. The Balaban J connectivity index is 0.000000613. The van der Waals surface area contributed by atoms with E-state index >= 15 is 0 Å². The van der Waals surface area contributed by atoms with Gasteiger partial charge in [-0.15, -0.1) is 0 Å². The average Bonchev–Trinajstić information content (AvgIpc) is 0.913. The molecule has 0 saturated heterocycles. The molecule has 0 aliphatic rings. The fourth-order valence-electron chi connectivity index (χ4n) is 10.5. The summed E-state index contributed by atoms with van der Waals surface area (Å²) in [4.78, 5) is 1.31. The molecular formula is C72H128N8O8S4. The Kier molecular flexibility index (Phi) is 39.6. The number of aryl methyl sites for hydroxylation is 4. The lowest BCUT2D eigenvalue weighted by Gasteiger charge is -2.26. The van der Waals surface area contributed by atoms with Crippen LogP contribution in [0.1, 0.15) is 184 Å². The summed E-state index contributed by atoms with van der Waals surface area (Å²) in [5.74, 6) is 4.73. The molecule has 4 aromatic rings. The lowest BCUT2D eigenvalue weighted by Crippen LogP contribution is -2.39. The highest BCUT2D eigenvalue weighted by molar-refractivity contribution is 7.90. The van der Waals surface area contributed by atoms with Gasteiger partial charge in [-0.3, -0.25) is 0 Å². The molecule has 528 valence electrons. The zero-order chi connectivity index (χ0) is 70.5. The first-order valence-electron chi connectivity index (χ1n) is 33.8. The maximum atomic E-state index is 12.6. The maximum absolute atomic E-state index is 12.6. The van der Waals surface area contributed by atoms with Gasteiger partial charge in [0.05, 0.1) is 19.6 Å². The zero-order valence-electron chi connectivity index (χ0n) is 60.2. The molecule has 0 aliphatic heterocycles. The summed E-state index contributed by atoms with van der Waals surface area (Å²) >= 11 is 0. The molecule has 92 heavy (non-hydrogen) atoms. The van der Waals surface area contributed by atoms with Gasteiger partial charge in [0, 0.05) is 24.2 Å². The minimum absolute atomic E-state index is 0.0749. The molecule has 8 atom stereocenters. The van der Waals surface area contributed by atoms with E-state index in [0.717, 1.165) is 73.6 Å². The average molecular weight is 1360 g/mol. The van der Waals surface area contributed by atoms with Crippen molar-refractivity contribution in [1.82, 2.24) is 18.9 Å². The van der Waals surface area contributed by atoms with E-state index in [4.69, 9.17) is 22.9 Å². The number of hydrogen-bond donors (Lipinski definition) is 8. The van der Waals surface area contributed by atoms with Gasteiger partial charge in [-0.2, -0.15) is 0 Å². The molecule has 0 aromatic heterocycles. The first-order chi connectivity index (χ1) is 42.7. The van der Waals surface area contributed by atoms with Crippen molar-refractivity contribution in [2.75, 3.05) is 26.2 Å². The SMILES string of the molecule is Cc1ccc(S(=O)(=O)N[C@@H](CC[C@@H](CN)C(C)C)C(C)C)cc1.Cc1ccc(S(=O)(=O)N[C@@H](CC[C@H](CN)C(C)C)C(C)C)cc1.Cc1ccc(S(=O)(=O)N[C@H](CC[C@@H](CN)C(C)C)C(C)C)cc1.Cc1ccc(S(=O)(=O)N[C@H](CC[C@H](CN)C(C)C)C(C)C)cc1. The monoisotopic (exact) mass is 1360 g/mol. The molecule has 0 saturated carbocycles. The van der Waals surface area contributed by atoms with Crippen molar-refractivity contribution < 1.29 is 33.7 Å². The first-order valence-corrected chi connectivity index (χ1v) is 39.8. The summed E-state index contributed by atoms with van der Waals surface area (Å²) in [6.07, 6.45) is 6.99. The van der Waals surface area contributed by atoms with Crippen LogP contribution in [0.25, 0.3) is 0 Å². The number of nitrogens with two attached hydrogens (primary N) is 4. The molecule has 4 rings (SSSR count). The highest BCUT2D eigenvalue weighted by Crippen LogP contribution is 2.26. The molecule has 0 heterocycles. The molecule has 0 amide bonds. The smallest absolute Gasteiger partial charge is 0.240 e. The normalized spacial score (nSPS) is 15.1. The van der Waals surface area contributed by atoms with E-state index in [-0.39, 0.29) is 47.8 Å². The Hall–Kier alpha value is -3.64. The Bertz CT molecular complexity index is 2680. The van der Waals surface area contributed by atoms with Crippen molar-refractivity contribution in [1.29, 1.82) is 0 Å². The quantitative estimate of drug-likeness (QED) is 0.0211. The van der Waals surface area contributed by atoms with Crippen LogP contribution in [0.4, 0.5) is 0 Å². The summed E-state index contributed by atoms with van der Waals surface area (Å²) in [6.45, 7) is 44.1. The van der Waals surface area contributed by atoms with Crippen molar-refractivity contribution in [2.24, 2.45) is 93.9 Å². The van der Waals surface area contributed by atoms with Crippen molar-refractivity contribution in [3.8, 4) is 0 Å². The molecule has 0 spiro atoms. The van der Waals surface area contributed by atoms with E-state index in [0.29, 0.717) is 93.1 Å². The van der Waals surface area contributed by atoms with E-state index in [1.54, 1.807) is 48.5 Å². The summed E-state index contributed by atoms with van der Waals surface area (Å²) in [5.41, 5.74) is 27.5. The van der Waals surface area contributed by atoms with Gasteiger partial charge >= 0.3 is 0 Å². The number of hydrogen-bond acceptors (Lipinski definition) is 12. The van der Waals surface area contributed by atoms with Crippen LogP contribution in [-0.2, 0) is 40.1 Å². The largest absolute Gasteiger partial charge is 0.330 e. The summed E-state index contributed by atoms with van der Waals surface area (Å²) in [7, 11) is -13.9. The van der Waals surface area contributed by atoms with E-state index in [1.165, 1.54) is 0 Å². The number of nitrogens with one attached hydrogen (secondary N) is 4. The molecular weight excluding hydrogens is 1230 g/mol. The Morgan fingerprint density at radius 1 is 0.250 bits per heavy atom. The van der Waals surface area contributed by atoms with Gasteiger partial charge < -0.3 is 22.9 Å². The predicted octanol–water partition coefficient (Wildman–Crippen LogP) is 13.2. The molecule has 4 aromatic carbocycles. The second-order valence-electron chi connectivity index (χ2n) is 28.4. The number of benzene rings is 4. The van der Waals surface area contributed by atoms with Crippen molar-refractivity contribution in [2.45, 2.75) is 234 Å². The maximum Gasteiger partial charge on any atom is 0.240 e. The summed E-state index contributed by atoms with van der Waals surface area (Å²) in [6, 6.07) is 27.5. The molecule has 0 radical (unpaired) electrons. The molecule has 12 N–H and O–H groups in total. The second-order valence-corrected chi connectivity index (χ2v) is 35.3. The van der Waals surface area contributed by atoms with Gasteiger partial charge in [0.25, 0.3) is 0 Å². The molecule has 0 fully saturated rings. The summed E-state index contributed by atoms with van der Waals surface area (Å²) < 4.78 is 112. The zero-order valence-corrected chi connectivity index (χ0v) is 63.4. The second kappa shape index (κ2) is 42.1. The molecule has 20 heteroatoms. The number of rotatable bonds is 36. The number of sulfonamides is 4. The van der Waals surface area contributed by atoms with E-state index in [1.807, 2.05) is 76.2 Å². The minimum Gasteiger partial charge on any atom is -0.330 e.